The normalized spacial score (nSPS) is 22.2. The van der Waals surface area contributed by atoms with E-state index in [1.54, 1.807) is 12.1 Å². The SMILES string of the molecule is Cn1c2c(c(N)nc1=O)C1=CCNCC1C(c1ccc(F)cc1)C2(C#N)C#N. The molecule has 140 valence electrons. The Hall–Kier alpha value is -3.49. The van der Waals surface area contributed by atoms with Gasteiger partial charge in [-0.1, -0.05) is 18.2 Å². The molecule has 2 heterocycles. The summed E-state index contributed by atoms with van der Waals surface area (Å²) in [5.41, 5.74) is 6.02. The van der Waals surface area contributed by atoms with Gasteiger partial charge in [-0.25, -0.2) is 9.18 Å². The quantitative estimate of drug-likeness (QED) is 0.771. The number of nitrogens with zero attached hydrogens (tertiary/aromatic N) is 4. The maximum absolute atomic E-state index is 13.5. The lowest BCUT2D eigenvalue weighted by molar-refractivity contribution is 0.371. The second-order valence-electron chi connectivity index (χ2n) is 7.05. The van der Waals surface area contributed by atoms with Crippen LogP contribution in [0, 0.1) is 34.4 Å². The number of benzene rings is 1. The first-order valence-electron chi connectivity index (χ1n) is 8.80. The molecule has 8 heteroatoms. The number of hydrogen-bond donors (Lipinski definition) is 2. The molecule has 7 nitrogen and oxygen atoms in total. The van der Waals surface area contributed by atoms with Crippen molar-refractivity contribution in [2.24, 2.45) is 13.0 Å². The van der Waals surface area contributed by atoms with Crippen LogP contribution < -0.4 is 16.7 Å². The highest BCUT2D eigenvalue weighted by atomic mass is 19.1. The molecule has 28 heavy (non-hydrogen) atoms. The molecule has 0 bridgehead atoms. The summed E-state index contributed by atoms with van der Waals surface area (Å²) in [6, 6.07) is 10.1. The van der Waals surface area contributed by atoms with Gasteiger partial charge in [-0.3, -0.25) is 4.57 Å². The predicted octanol–water partition coefficient (Wildman–Crippen LogP) is 1.19. The van der Waals surface area contributed by atoms with Gasteiger partial charge in [-0.2, -0.15) is 15.5 Å². The number of nitrogens with two attached hydrogens (primary N) is 1. The summed E-state index contributed by atoms with van der Waals surface area (Å²) in [6.45, 7) is 1.11. The number of nitrogens with one attached hydrogen (secondary N) is 1. The lowest BCUT2D eigenvalue weighted by Gasteiger charge is -2.45. The number of anilines is 1. The third kappa shape index (κ3) is 2.29. The maximum atomic E-state index is 13.5. The van der Waals surface area contributed by atoms with E-state index in [4.69, 9.17) is 5.73 Å². The van der Waals surface area contributed by atoms with Crippen molar-refractivity contribution in [1.82, 2.24) is 14.9 Å². The van der Waals surface area contributed by atoms with Crippen LogP contribution in [0.1, 0.15) is 22.7 Å². The minimum absolute atomic E-state index is 0.0173. The van der Waals surface area contributed by atoms with Gasteiger partial charge in [0.1, 0.15) is 11.6 Å². The van der Waals surface area contributed by atoms with Crippen molar-refractivity contribution in [2.75, 3.05) is 18.8 Å². The molecule has 3 N–H and O–H groups in total. The number of nitriles is 2. The molecule has 2 aromatic rings. The van der Waals surface area contributed by atoms with E-state index >= 15 is 0 Å². The Morgan fingerprint density at radius 2 is 2.00 bits per heavy atom. The number of halogens is 1. The molecule has 0 radical (unpaired) electrons. The van der Waals surface area contributed by atoms with E-state index in [0.29, 0.717) is 24.2 Å². The van der Waals surface area contributed by atoms with Gasteiger partial charge in [-0.15, -0.1) is 0 Å². The molecule has 0 amide bonds. The van der Waals surface area contributed by atoms with E-state index < -0.39 is 22.8 Å². The molecule has 1 aliphatic heterocycles. The van der Waals surface area contributed by atoms with Gasteiger partial charge in [0.15, 0.2) is 5.41 Å². The molecule has 2 atom stereocenters. The largest absolute Gasteiger partial charge is 0.383 e. The van der Waals surface area contributed by atoms with Crippen molar-refractivity contribution in [3.8, 4) is 12.1 Å². The fourth-order valence-corrected chi connectivity index (χ4v) is 4.50. The molecule has 0 saturated heterocycles. The van der Waals surface area contributed by atoms with Crippen LogP contribution in [-0.2, 0) is 12.5 Å². The summed E-state index contributed by atoms with van der Waals surface area (Å²) < 4.78 is 14.8. The minimum atomic E-state index is -1.68. The third-order valence-corrected chi connectivity index (χ3v) is 5.67. The van der Waals surface area contributed by atoms with E-state index in [1.807, 2.05) is 6.08 Å². The van der Waals surface area contributed by atoms with Crippen molar-refractivity contribution in [3.05, 3.63) is 63.5 Å². The number of aromatic nitrogens is 2. The highest BCUT2D eigenvalue weighted by Gasteiger charge is 2.55. The summed E-state index contributed by atoms with van der Waals surface area (Å²) in [4.78, 5) is 16.2. The van der Waals surface area contributed by atoms with Crippen molar-refractivity contribution in [1.29, 1.82) is 10.5 Å². The molecule has 0 fully saturated rings. The van der Waals surface area contributed by atoms with Crippen LogP contribution in [-0.4, -0.2) is 22.6 Å². The third-order valence-electron chi connectivity index (χ3n) is 5.67. The predicted molar refractivity (Wildman–Crippen MR) is 100 cm³/mol. The fourth-order valence-electron chi connectivity index (χ4n) is 4.50. The Bertz CT molecular complexity index is 1120. The van der Waals surface area contributed by atoms with Gasteiger partial charge in [0.2, 0.25) is 0 Å². The monoisotopic (exact) mass is 376 g/mol. The van der Waals surface area contributed by atoms with Crippen LogP contribution >= 0.6 is 0 Å². The van der Waals surface area contributed by atoms with Crippen molar-refractivity contribution in [2.45, 2.75) is 11.3 Å². The van der Waals surface area contributed by atoms with Gasteiger partial charge in [0.05, 0.1) is 17.8 Å². The molecule has 4 rings (SSSR count). The Balaban J connectivity index is 2.14. The average Bonchev–Trinajstić information content (AvgIpc) is 2.71. The lowest BCUT2D eigenvalue weighted by Crippen LogP contribution is -2.49. The average molecular weight is 376 g/mol. The zero-order chi connectivity index (χ0) is 20.1. The van der Waals surface area contributed by atoms with E-state index in [0.717, 1.165) is 5.57 Å². The fraction of sp³-hybridized carbons (Fsp3) is 0.300. The second kappa shape index (κ2) is 6.29. The Morgan fingerprint density at radius 1 is 1.32 bits per heavy atom. The summed E-state index contributed by atoms with van der Waals surface area (Å²) in [5, 5.41) is 23.7. The molecule has 2 aliphatic rings. The number of fused-ring (bicyclic) bond motifs is 3. The molecule has 1 aromatic carbocycles. The number of hydrogen-bond acceptors (Lipinski definition) is 6. The summed E-state index contributed by atoms with van der Waals surface area (Å²) in [6.07, 6.45) is 1.95. The van der Waals surface area contributed by atoms with E-state index in [1.165, 1.54) is 23.7 Å². The van der Waals surface area contributed by atoms with Gasteiger partial charge in [0, 0.05) is 37.5 Å². The Morgan fingerprint density at radius 3 is 2.64 bits per heavy atom. The minimum Gasteiger partial charge on any atom is -0.383 e. The topological polar surface area (TPSA) is 121 Å². The van der Waals surface area contributed by atoms with Crippen LogP contribution in [0.2, 0.25) is 0 Å². The van der Waals surface area contributed by atoms with Crippen LogP contribution in [0.5, 0.6) is 0 Å². The van der Waals surface area contributed by atoms with Crippen LogP contribution in [0.25, 0.3) is 5.57 Å². The summed E-state index contributed by atoms with van der Waals surface area (Å²) in [5.74, 6) is -1.25. The maximum Gasteiger partial charge on any atom is 0.349 e. The standard InChI is InChI=1S/C20H17FN6O/c1-27-17-15(18(24)26-19(27)28)13-6-7-25-8-14(13)16(20(17,9-22)10-23)11-2-4-12(21)5-3-11/h2-6,14,16,25H,7-8H2,1H3,(H2,24,26,28). The molecular formula is C20H17FN6O. The first kappa shape index (κ1) is 17.9. The van der Waals surface area contributed by atoms with Crippen molar-refractivity contribution >= 4 is 11.4 Å². The van der Waals surface area contributed by atoms with Gasteiger partial charge >= 0.3 is 5.69 Å². The van der Waals surface area contributed by atoms with Gasteiger partial charge < -0.3 is 11.1 Å². The number of rotatable bonds is 1. The highest BCUT2D eigenvalue weighted by molar-refractivity contribution is 5.82. The molecule has 0 spiro atoms. The van der Waals surface area contributed by atoms with Crippen molar-refractivity contribution < 1.29 is 4.39 Å². The molecule has 0 saturated carbocycles. The first-order chi connectivity index (χ1) is 13.4. The van der Waals surface area contributed by atoms with E-state index in [2.05, 4.69) is 22.4 Å². The molecule has 1 aliphatic carbocycles. The Kier molecular flexibility index (Phi) is 4.02. The smallest absolute Gasteiger partial charge is 0.349 e. The van der Waals surface area contributed by atoms with E-state index in [9.17, 15) is 19.7 Å². The molecular weight excluding hydrogens is 359 g/mol. The first-order valence-corrected chi connectivity index (χ1v) is 8.80. The molecule has 1 aromatic heterocycles. The van der Waals surface area contributed by atoms with Gasteiger partial charge in [-0.05, 0) is 23.3 Å². The van der Waals surface area contributed by atoms with E-state index in [-0.39, 0.29) is 17.4 Å². The van der Waals surface area contributed by atoms with Crippen LogP contribution in [0.15, 0.2) is 35.1 Å². The van der Waals surface area contributed by atoms with Crippen molar-refractivity contribution in [3.63, 3.8) is 0 Å². The molecule has 2 unspecified atom stereocenters. The van der Waals surface area contributed by atoms with Crippen LogP contribution in [0.3, 0.4) is 0 Å². The lowest BCUT2D eigenvalue weighted by atomic mass is 9.57. The Labute approximate surface area is 160 Å². The summed E-state index contributed by atoms with van der Waals surface area (Å²) in [7, 11) is 1.49. The second-order valence-corrected chi connectivity index (χ2v) is 7.05. The van der Waals surface area contributed by atoms with Gasteiger partial charge in [0.25, 0.3) is 0 Å². The zero-order valence-corrected chi connectivity index (χ0v) is 15.1. The zero-order valence-electron chi connectivity index (χ0n) is 15.1. The van der Waals surface area contributed by atoms with Crippen LogP contribution in [0.4, 0.5) is 10.2 Å². The highest BCUT2D eigenvalue weighted by Crippen LogP contribution is 2.54. The summed E-state index contributed by atoms with van der Waals surface area (Å²) >= 11 is 0. The number of nitrogen functional groups attached to an aromatic ring is 1.